The molecule has 2 N–H and O–H groups in total. The molecule has 1 fully saturated rings. The predicted molar refractivity (Wildman–Crippen MR) is 75.6 cm³/mol. The van der Waals surface area contributed by atoms with E-state index in [0.717, 1.165) is 37.7 Å². The highest BCUT2D eigenvalue weighted by Gasteiger charge is 2.49. The van der Waals surface area contributed by atoms with Crippen molar-refractivity contribution in [3.05, 3.63) is 27.2 Å². The molecule has 0 saturated heterocycles. The van der Waals surface area contributed by atoms with Gasteiger partial charge in [-0.1, -0.05) is 0 Å². The van der Waals surface area contributed by atoms with Gasteiger partial charge in [0.1, 0.15) is 5.75 Å². The maximum atomic E-state index is 11.1. The van der Waals surface area contributed by atoms with Gasteiger partial charge in [-0.25, -0.2) is 0 Å². The van der Waals surface area contributed by atoms with Crippen molar-refractivity contribution in [1.29, 1.82) is 0 Å². The van der Waals surface area contributed by atoms with Crippen LogP contribution in [0.5, 0.6) is 5.75 Å². The van der Waals surface area contributed by atoms with Crippen molar-refractivity contribution in [2.45, 2.75) is 50.4 Å². The smallest absolute Gasteiger partial charge is 0.304 e. The highest BCUT2D eigenvalue weighted by molar-refractivity contribution is 9.10. The van der Waals surface area contributed by atoms with Gasteiger partial charge in [-0.2, -0.15) is 0 Å². The number of rotatable bonds is 3. The zero-order chi connectivity index (χ0) is 13.6. The maximum Gasteiger partial charge on any atom is 0.304 e. The van der Waals surface area contributed by atoms with Gasteiger partial charge < -0.3 is 10.2 Å². The van der Waals surface area contributed by atoms with Crippen LogP contribution in [-0.4, -0.2) is 16.2 Å². The lowest BCUT2D eigenvalue weighted by Crippen LogP contribution is -2.18. The molecule has 0 bridgehead atoms. The first-order chi connectivity index (χ1) is 9.03. The zero-order valence-corrected chi connectivity index (χ0v) is 12.3. The molecule has 4 heteroatoms. The second kappa shape index (κ2) is 4.51. The number of halogens is 1. The number of carbonyl (C=O) groups is 1. The number of hydrogen-bond donors (Lipinski definition) is 2. The maximum absolute atomic E-state index is 11.1. The van der Waals surface area contributed by atoms with Crippen molar-refractivity contribution in [3.63, 3.8) is 0 Å². The van der Waals surface area contributed by atoms with Gasteiger partial charge in [0.05, 0.1) is 10.9 Å². The van der Waals surface area contributed by atoms with Crippen LogP contribution in [-0.2, 0) is 23.1 Å². The van der Waals surface area contributed by atoms with E-state index in [1.54, 1.807) is 0 Å². The summed E-state index contributed by atoms with van der Waals surface area (Å²) in [6, 6.07) is 2.00. The summed E-state index contributed by atoms with van der Waals surface area (Å²) in [5.74, 6) is -0.513. The van der Waals surface area contributed by atoms with Crippen LogP contribution in [0, 0.1) is 0 Å². The molecule has 0 amide bonds. The largest absolute Gasteiger partial charge is 0.506 e. The molecule has 3 nitrogen and oxygen atoms in total. The normalized spacial score (nSPS) is 19.8. The van der Waals surface area contributed by atoms with E-state index in [1.165, 1.54) is 17.5 Å². The molecular formula is C15H17BrO3. The average Bonchev–Trinajstić information content (AvgIpc) is 3.10. The Morgan fingerprint density at radius 3 is 2.63 bits per heavy atom. The van der Waals surface area contributed by atoms with E-state index in [9.17, 15) is 9.90 Å². The summed E-state index contributed by atoms with van der Waals surface area (Å²) in [6.07, 6.45) is 6.17. The molecule has 19 heavy (non-hydrogen) atoms. The van der Waals surface area contributed by atoms with Crippen LogP contribution in [0.25, 0.3) is 0 Å². The minimum atomic E-state index is -0.776. The Kier molecular flexibility index (Phi) is 3.08. The molecule has 0 spiro atoms. The first-order valence-corrected chi connectivity index (χ1v) is 7.58. The fraction of sp³-hybridized carbons (Fsp3) is 0.533. The fourth-order valence-electron chi connectivity index (χ4n) is 3.38. The van der Waals surface area contributed by atoms with E-state index < -0.39 is 5.97 Å². The summed E-state index contributed by atoms with van der Waals surface area (Å²) >= 11 is 3.41. The number of aliphatic carboxylic acids is 1. The molecule has 0 radical (unpaired) electrons. The minimum absolute atomic E-state index is 0.128. The summed E-state index contributed by atoms with van der Waals surface area (Å²) in [5.41, 5.74) is 3.09. The molecule has 1 aromatic rings. The monoisotopic (exact) mass is 324 g/mol. The molecule has 1 saturated carbocycles. The number of fused-ring (bicyclic) bond motifs is 1. The Morgan fingerprint density at radius 2 is 2.00 bits per heavy atom. The zero-order valence-electron chi connectivity index (χ0n) is 10.7. The lowest BCUT2D eigenvalue weighted by Gasteiger charge is -2.26. The van der Waals surface area contributed by atoms with Crippen molar-refractivity contribution in [3.8, 4) is 5.75 Å². The molecule has 2 aliphatic rings. The van der Waals surface area contributed by atoms with Crippen LogP contribution in [0.2, 0.25) is 0 Å². The molecule has 0 atom stereocenters. The SMILES string of the molecule is O=C(O)CC1(c2c(O)c(Br)cc3c2CCCC3)CC1. The van der Waals surface area contributed by atoms with Crippen LogP contribution in [0.1, 0.15) is 48.8 Å². The van der Waals surface area contributed by atoms with Crippen molar-refractivity contribution >= 4 is 21.9 Å². The quantitative estimate of drug-likeness (QED) is 0.894. The molecule has 0 unspecified atom stereocenters. The number of hydrogen-bond acceptors (Lipinski definition) is 2. The van der Waals surface area contributed by atoms with Gasteiger partial charge in [-0.15, -0.1) is 0 Å². The van der Waals surface area contributed by atoms with Crippen molar-refractivity contribution in [2.75, 3.05) is 0 Å². The topological polar surface area (TPSA) is 57.5 Å². The van der Waals surface area contributed by atoms with Gasteiger partial charge in [-0.3, -0.25) is 4.79 Å². The lowest BCUT2D eigenvalue weighted by atomic mass is 9.80. The van der Waals surface area contributed by atoms with E-state index in [0.29, 0.717) is 4.47 Å². The number of phenolic OH excluding ortho intramolecular Hbond substituents is 1. The third-order valence-electron chi connectivity index (χ3n) is 4.45. The Balaban J connectivity index is 2.14. The highest BCUT2D eigenvalue weighted by atomic mass is 79.9. The van der Waals surface area contributed by atoms with Gasteiger partial charge in [0.25, 0.3) is 0 Å². The lowest BCUT2D eigenvalue weighted by molar-refractivity contribution is -0.137. The molecule has 0 heterocycles. The summed E-state index contributed by atoms with van der Waals surface area (Å²) < 4.78 is 0.708. The third kappa shape index (κ3) is 2.16. The molecule has 102 valence electrons. The van der Waals surface area contributed by atoms with Crippen LogP contribution < -0.4 is 0 Å². The Morgan fingerprint density at radius 1 is 1.32 bits per heavy atom. The van der Waals surface area contributed by atoms with Gasteiger partial charge in [-0.05, 0) is 71.6 Å². The third-order valence-corrected chi connectivity index (χ3v) is 5.05. The van der Waals surface area contributed by atoms with Gasteiger partial charge >= 0.3 is 5.97 Å². The van der Waals surface area contributed by atoms with E-state index in [-0.39, 0.29) is 17.6 Å². The van der Waals surface area contributed by atoms with Crippen LogP contribution >= 0.6 is 15.9 Å². The Bertz CT molecular complexity index is 547. The average molecular weight is 325 g/mol. The van der Waals surface area contributed by atoms with Gasteiger partial charge in [0.15, 0.2) is 0 Å². The van der Waals surface area contributed by atoms with Crippen LogP contribution in [0.15, 0.2) is 10.5 Å². The summed E-state index contributed by atoms with van der Waals surface area (Å²) in [5, 5.41) is 19.5. The first-order valence-electron chi connectivity index (χ1n) is 6.79. The fourth-order valence-corrected chi connectivity index (χ4v) is 3.86. The summed E-state index contributed by atoms with van der Waals surface area (Å²) in [7, 11) is 0. The molecule has 0 aliphatic heterocycles. The number of carboxylic acids is 1. The number of phenols is 1. The molecule has 2 aliphatic carbocycles. The van der Waals surface area contributed by atoms with E-state index >= 15 is 0 Å². The van der Waals surface area contributed by atoms with E-state index in [2.05, 4.69) is 15.9 Å². The van der Waals surface area contributed by atoms with Gasteiger partial charge in [0, 0.05) is 11.0 Å². The Hall–Kier alpha value is -1.03. The minimum Gasteiger partial charge on any atom is -0.506 e. The van der Waals surface area contributed by atoms with Crippen molar-refractivity contribution in [1.82, 2.24) is 0 Å². The Labute approximate surface area is 120 Å². The first kappa shape index (κ1) is 13.0. The van der Waals surface area contributed by atoms with Crippen LogP contribution in [0.4, 0.5) is 0 Å². The number of benzene rings is 1. The van der Waals surface area contributed by atoms with E-state index in [4.69, 9.17) is 5.11 Å². The number of carboxylic acid groups (broad SMARTS) is 1. The second-order valence-corrected chi connectivity index (χ2v) is 6.63. The highest BCUT2D eigenvalue weighted by Crippen LogP contribution is 2.57. The number of aromatic hydroxyl groups is 1. The van der Waals surface area contributed by atoms with Crippen molar-refractivity contribution in [2.24, 2.45) is 0 Å². The number of aryl methyl sites for hydroxylation is 1. The summed E-state index contributed by atoms with van der Waals surface area (Å²) in [4.78, 5) is 11.1. The standard InChI is InChI=1S/C15H17BrO3/c16-11-7-9-3-1-2-4-10(9)13(14(11)19)15(5-6-15)8-12(17)18/h7,19H,1-6,8H2,(H,17,18). The molecule has 0 aromatic heterocycles. The van der Waals surface area contributed by atoms with E-state index in [1.807, 2.05) is 6.07 Å². The molecule has 3 rings (SSSR count). The summed E-state index contributed by atoms with van der Waals surface area (Å²) in [6.45, 7) is 0. The second-order valence-electron chi connectivity index (χ2n) is 5.78. The van der Waals surface area contributed by atoms with Crippen LogP contribution in [0.3, 0.4) is 0 Å². The predicted octanol–water partition coefficient (Wildman–Crippen LogP) is 3.54. The van der Waals surface area contributed by atoms with Crippen molar-refractivity contribution < 1.29 is 15.0 Å². The van der Waals surface area contributed by atoms with Gasteiger partial charge in [0.2, 0.25) is 0 Å². The molecular weight excluding hydrogens is 308 g/mol. The molecule has 1 aromatic carbocycles.